The highest BCUT2D eigenvalue weighted by Crippen LogP contribution is 2.33. The quantitative estimate of drug-likeness (QED) is 0.0445. The topological polar surface area (TPSA) is 186 Å². The Hall–Kier alpha value is -5.66. The Kier molecular flexibility index (Phi) is 13.9. The molecule has 0 saturated heterocycles. The molecule has 5 aromatic rings. The molecule has 0 aliphatic heterocycles. The molecule has 0 aliphatic carbocycles. The fraction of sp³-hybridized carbons (Fsp3) is 0.476. The summed E-state index contributed by atoms with van der Waals surface area (Å²) in [6.07, 6.45) is 5.87. The summed E-state index contributed by atoms with van der Waals surface area (Å²) in [5.41, 5.74) is 3.02. The van der Waals surface area contributed by atoms with Gasteiger partial charge in [-0.1, -0.05) is 37.8 Å². The van der Waals surface area contributed by atoms with Crippen molar-refractivity contribution >= 4 is 67.9 Å². The molecule has 14 heteroatoms. The van der Waals surface area contributed by atoms with E-state index in [1.807, 2.05) is 77.9 Å². The second kappa shape index (κ2) is 18.8. The van der Waals surface area contributed by atoms with Gasteiger partial charge in [-0.15, -0.1) is 0 Å². The number of benzene rings is 2. The first kappa shape index (κ1) is 41.5. The molecule has 14 nitrogen and oxygen atoms in total. The number of carbonyl (C=O) groups excluding carboxylic acids is 4. The highest BCUT2D eigenvalue weighted by molar-refractivity contribution is 6.22. The van der Waals surface area contributed by atoms with Gasteiger partial charge in [0.15, 0.2) is 0 Å². The van der Waals surface area contributed by atoms with E-state index < -0.39 is 23.4 Å². The molecule has 5 rings (SSSR count). The van der Waals surface area contributed by atoms with Crippen molar-refractivity contribution in [2.75, 3.05) is 26.2 Å². The van der Waals surface area contributed by atoms with Crippen molar-refractivity contribution in [2.24, 2.45) is 0 Å². The molecule has 298 valence electrons. The molecule has 3 aromatic heterocycles. The van der Waals surface area contributed by atoms with E-state index in [9.17, 15) is 19.2 Å². The third-order valence-electron chi connectivity index (χ3n) is 8.68. The van der Waals surface area contributed by atoms with Crippen molar-refractivity contribution in [2.45, 2.75) is 104 Å². The number of nitrogens with zero attached hydrogens (tertiary/aromatic N) is 4. The summed E-state index contributed by atoms with van der Waals surface area (Å²) in [5, 5.41) is 12.8. The Morgan fingerprint density at radius 3 is 1.16 bits per heavy atom. The van der Waals surface area contributed by atoms with E-state index in [1.54, 1.807) is 12.1 Å². The number of pyridine rings is 2. The highest BCUT2D eigenvalue weighted by Gasteiger charge is 2.20. The highest BCUT2D eigenvalue weighted by atomic mass is 16.6. The lowest BCUT2D eigenvalue weighted by atomic mass is 10.1. The van der Waals surface area contributed by atoms with Crippen LogP contribution in [0.5, 0.6) is 0 Å². The van der Waals surface area contributed by atoms with Gasteiger partial charge in [-0.3, -0.25) is 9.59 Å². The minimum absolute atomic E-state index is 0.228. The van der Waals surface area contributed by atoms with E-state index in [0.717, 1.165) is 62.4 Å². The number of unbranched alkanes of at least 4 members (excludes halogenated alkanes) is 6. The lowest BCUT2D eigenvalue weighted by Gasteiger charge is -2.19. The van der Waals surface area contributed by atoms with E-state index in [4.69, 9.17) is 29.4 Å². The molecule has 3 heterocycles. The summed E-state index contributed by atoms with van der Waals surface area (Å²) in [7, 11) is 0. The predicted molar refractivity (Wildman–Crippen MR) is 218 cm³/mol. The predicted octanol–water partition coefficient (Wildman–Crippen LogP) is 7.51. The number of aromatic nitrogens is 4. The third kappa shape index (κ3) is 11.9. The van der Waals surface area contributed by atoms with Gasteiger partial charge >= 0.3 is 12.2 Å². The first-order chi connectivity index (χ1) is 26.7. The Bertz CT molecular complexity index is 2040. The number of ether oxygens (including phenoxy) is 2. The molecule has 4 amide bonds. The second-order valence-electron chi connectivity index (χ2n) is 15.8. The zero-order valence-electron chi connectivity index (χ0n) is 33.3. The number of hydrogen-bond acceptors (Lipinski definition) is 10. The normalized spacial score (nSPS) is 11.8. The van der Waals surface area contributed by atoms with Gasteiger partial charge in [0.1, 0.15) is 22.6 Å². The lowest BCUT2D eigenvalue weighted by Crippen LogP contribution is -2.33. The standard InChI is InChI=1S/C42H54N8O6/c1-41(2,3)55-39(53)45-25-15-9-7-13-23-43-37(51)31-21-19-27-33-34(48-30-18-12-11-17-29(30)47-33)28-20-22-32(50-36(28)35(27)49-31)38(52)44-24-14-8-10-16-26-46-40(54)56-42(4,5)6/h11-12,17-22H,7-10,13-16,23-26H2,1-6H3,(H,43,51)(H,44,52)(H,45,53)(H,46,54). The van der Waals surface area contributed by atoms with E-state index in [1.165, 1.54) is 0 Å². The first-order valence-corrected chi connectivity index (χ1v) is 19.5. The number of para-hydroxylation sites is 2. The molecular formula is C42H54N8O6. The Morgan fingerprint density at radius 2 is 0.804 bits per heavy atom. The van der Waals surface area contributed by atoms with Crippen LogP contribution in [0.15, 0.2) is 48.5 Å². The van der Waals surface area contributed by atoms with Crippen molar-refractivity contribution in [3.05, 3.63) is 59.9 Å². The first-order valence-electron chi connectivity index (χ1n) is 19.5. The molecule has 0 spiro atoms. The van der Waals surface area contributed by atoms with E-state index >= 15 is 0 Å². The van der Waals surface area contributed by atoms with Crippen LogP contribution in [0.25, 0.3) is 43.9 Å². The molecular weight excluding hydrogens is 713 g/mol. The largest absolute Gasteiger partial charge is 0.444 e. The number of fused-ring (bicyclic) bond motifs is 7. The minimum Gasteiger partial charge on any atom is -0.444 e. The smallest absolute Gasteiger partial charge is 0.407 e. The molecule has 0 aliphatic rings. The van der Waals surface area contributed by atoms with Gasteiger partial charge in [-0.05, 0) is 104 Å². The summed E-state index contributed by atoms with van der Waals surface area (Å²) >= 11 is 0. The van der Waals surface area contributed by atoms with Crippen LogP contribution in [-0.2, 0) is 9.47 Å². The summed E-state index contributed by atoms with van der Waals surface area (Å²) in [6.45, 7) is 13.0. The fourth-order valence-corrected chi connectivity index (χ4v) is 6.09. The third-order valence-corrected chi connectivity index (χ3v) is 8.68. The number of alkyl carbamates (subject to hydrolysis) is 2. The number of rotatable bonds is 16. The van der Waals surface area contributed by atoms with Gasteiger partial charge in [-0.2, -0.15) is 0 Å². The molecule has 0 radical (unpaired) electrons. The van der Waals surface area contributed by atoms with Gasteiger partial charge in [0.25, 0.3) is 11.8 Å². The molecule has 0 bridgehead atoms. The molecule has 0 atom stereocenters. The maximum absolute atomic E-state index is 13.3. The molecule has 0 saturated carbocycles. The molecule has 4 N–H and O–H groups in total. The van der Waals surface area contributed by atoms with Crippen LogP contribution < -0.4 is 21.3 Å². The summed E-state index contributed by atoms with van der Waals surface area (Å²) in [5.74, 6) is -0.628. The average Bonchev–Trinajstić information content (AvgIpc) is 3.14. The molecule has 2 aromatic carbocycles. The van der Waals surface area contributed by atoms with E-state index in [0.29, 0.717) is 59.0 Å². The van der Waals surface area contributed by atoms with E-state index in [-0.39, 0.29) is 23.2 Å². The maximum atomic E-state index is 13.3. The van der Waals surface area contributed by atoms with Crippen molar-refractivity contribution < 1.29 is 28.7 Å². The van der Waals surface area contributed by atoms with Crippen LogP contribution >= 0.6 is 0 Å². The van der Waals surface area contributed by atoms with Crippen LogP contribution in [0, 0.1) is 0 Å². The van der Waals surface area contributed by atoms with Gasteiger partial charge < -0.3 is 30.7 Å². The number of nitrogens with one attached hydrogen (secondary N) is 4. The van der Waals surface area contributed by atoms with Crippen molar-refractivity contribution in [3.8, 4) is 0 Å². The Balaban J connectivity index is 1.23. The zero-order chi connectivity index (χ0) is 40.3. The SMILES string of the molecule is CC(C)(C)OC(=O)NCCCCCCNC(=O)c1ccc2c(n1)c1nc(C(=O)NCCCCCCNC(=O)OC(C)(C)C)ccc1c1nc3ccccc3nc21. The van der Waals surface area contributed by atoms with Crippen molar-refractivity contribution in [1.82, 2.24) is 41.2 Å². The van der Waals surface area contributed by atoms with Gasteiger partial charge in [0.05, 0.1) is 33.1 Å². The van der Waals surface area contributed by atoms with Crippen molar-refractivity contribution in [1.29, 1.82) is 0 Å². The molecule has 0 fully saturated rings. The summed E-state index contributed by atoms with van der Waals surface area (Å²) < 4.78 is 10.5. The van der Waals surface area contributed by atoms with Crippen LogP contribution in [-0.4, -0.2) is 81.3 Å². The fourth-order valence-electron chi connectivity index (χ4n) is 6.09. The molecule has 56 heavy (non-hydrogen) atoms. The van der Waals surface area contributed by atoms with Crippen LogP contribution in [0.4, 0.5) is 9.59 Å². The maximum Gasteiger partial charge on any atom is 0.407 e. The average molecular weight is 767 g/mol. The van der Waals surface area contributed by atoms with Gasteiger partial charge in [-0.25, -0.2) is 29.5 Å². The van der Waals surface area contributed by atoms with Crippen LogP contribution in [0.3, 0.4) is 0 Å². The van der Waals surface area contributed by atoms with Crippen LogP contribution in [0.2, 0.25) is 0 Å². The number of hydrogen-bond donors (Lipinski definition) is 4. The van der Waals surface area contributed by atoms with Gasteiger partial charge in [0, 0.05) is 37.0 Å². The number of carbonyl (C=O) groups is 4. The zero-order valence-corrected chi connectivity index (χ0v) is 33.3. The lowest BCUT2D eigenvalue weighted by molar-refractivity contribution is 0.0515. The second-order valence-corrected chi connectivity index (χ2v) is 15.8. The summed E-state index contributed by atoms with van der Waals surface area (Å²) in [4.78, 5) is 69.7. The Labute approximate surface area is 327 Å². The van der Waals surface area contributed by atoms with Crippen molar-refractivity contribution in [3.63, 3.8) is 0 Å². The monoisotopic (exact) mass is 766 g/mol. The summed E-state index contributed by atoms with van der Waals surface area (Å²) in [6, 6.07) is 14.6. The van der Waals surface area contributed by atoms with Crippen LogP contribution in [0.1, 0.15) is 114 Å². The number of amides is 4. The van der Waals surface area contributed by atoms with E-state index in [2.05, 4.69) is 21.3 Å². The minimum atomic E-state index is -0.532. The molecule has 0 unspecified atom stereocenters. The Morgan fingerprint density at radius 1 is 0.464 bits per heavy atom. The van der Waals surface area contributed by atoms with Gasteiger partial charge in [0.2, 0.25) is 0 Å².